The first-order valence-electron chi connectivity index (χ1n) is 8.68. The number of benzene rings is 1. The summed E-state index contributed by atoms with van der Waals surface area (Å²) >= 11 is 1.51. The minimum Gasteiger partial charge on any atom is -0.336 e. The second kappa shape index (κ2) is 6.99. The van der Waals surface area contributed by atoms with E-state index in [0.717, 1.165) is 30.8 Å². The lowest BCUT2D eigenvalue weighted by Gasteiger charge is -2.29. The first kappa shape index (κ1) is 16.9. The van der Waals surface area contributed by atoms with Crippen LogP contribution in [0.1, 0.15) is 30.4 Å². The van der Waals surface area contributed by atoms with Gasteiger partial charge in [-0.3, -0.25) is 4.79 Å². The second-order valence-electron chi connectivity index (χ2n) is 6.63. The topological polar surface area (TPSA) is 51.0 Å². The average Bonchev–Trinajstić information content (AvgIpc) is 3.30. The molecule has 0 saturated carbocycles. The lowest BCUT2D eigenvalue weighted by atomic mass is 10.0. The Morgan fingerprint density at radius 1 is 1.31 bits per heavy atom. The Balaban J connectivity index is 1.75. The SMILES string of the molecule is C[C@@H]1CCCN(C(=O)c2nc(-c3cccs3)n(-c3cccc(F)c3)n2)C1. The zero-order chi connectivity index (χ0) is 18.1. The molecule has 5 nitrogen and oxygen atoms in total. The summed E-state index contributed by atoms with van der Waals surface area (Å²) in [6.07, 6.45) is 2.13. The maximum atomic E-state index is 13.7. The van der Waals surface area contributed by atoms with Crippen LogP contribution in [0.2, 0.25) is 0 Å². The number of nitrogens with zero attached hydrogens (tertiary/aromatic N) is 4. The van der Waals surface area contributed by atoms with Crippen LogP contribution in [0.5, 0.6) is 0 Å². The van der Waals surface area contributed by atoms with Crippen LogP contribution in [0, 0.1) is 11.7 Å². The van der Waals surface area contributed by atoms with Crippen molar-refractivity contribution in [3.8, 4) is 16.4 Å². The van der Waals surface area contributed by atoms with Gasteiger partial charge in [0.1, 0.15) is 5.82 Å². The molecule has 134 valence electrons. The molecule has 1 saturated heterocycles. The van der Waals surface area contributed by atoms with Crippen LogP contribution >= 0.6 is 11.3 Å². The van der Waals surface area contributed by atoms with Crippen molar-refractivity contribution in [3.63, 3.8) is 0 Å². The molecule has 0 bridgehead atoms. The van der Waals surface area contributed by atoms with Gasteiger partial charge in [-0.05, 0) is 48.4 Å². The van der Waals surface area contributed by atoms with E-state index in [1.54, 1.807) is 16.8 Å². The minimum atomic E-state index is -0.354. The molecule has 3 heterocycles. The molecule has 4 rings (SSSR count). The van der Waals surface area contributed by atoms with E-state index in [1.807, 2.05) is 22.4 Å². The van der Waals surface area contributed by atoms with Crippen molar-refractivity contribution in [2.45, 2.75) is 19.8 Å². The normalized spacial score (nSPS) is 17.5. The summed E-state index contributed by atoms with van der Waals surface area (Å²) in [6.45, 7) is 3.60. The molecule has 2 aromatic heterocycles. The molecule has 26 heavy (non-hydrogen) atoms. The fraction of sp³-hybridized carbons (Fsp3) is 0.316. The Labute approximate surface area is 155 Å². The van der Waals surface area contributed by atoms with E-state index in [-0.39, 0.29) is 17.5 Å². The third kappa shape index (κ3) is 3.26. The summed E-state index contributed by atoms with van der Waals surface area (Å²) in [4.78, 5) is 20.1. The van der Waals surface area contributed by atoms with Gasteiger partial charge in [0.05, 0.1) is 10.6 Å². The highest BCUT2D eigenvalue weighted by Crippen LogP contribution is 2.26. The third-order valence-corrected chi connectivity index (χ3v) is 5.40. The van der Waals surface area contributed by atoms with Crippen LogP contribution in [0.25, 0.3) is 16.4 Å². The van der Waals surface area contributed by atoms with Crippen LogP contribution in [0.15, 0.2) is 41.8 Å². The zero-order valence-electron chi connectivity index (χ0n) is 14.4. The summed E-state index contributed by atoms with van der Waals surface area (Å²) in [5, 5.41) is 6.37. The first-order chi connectivity index (χ1) is 12.6. The largest absolute Gasteiger partial charge is 0.336 e. The zero-order valence-corrected chi connectivity index (χ0v) is 15.2. The Morgan fingerprint density at radius 2 is 2.19 bits per heavy atom. The summed E-state index contributed by atoms with van der Waals surface area (Å²) in [7, 11) is 0. The van der Waals surface area contributed by atoms with Gasteiger partial charge < -0.3 is 4.90 Å². The van der Waals surface area contributed by atoms with E-state index >= 15 is 0 Å². The van der Waals surface area contributed by atoms with E-state index in [2.05, 4.69) is 17.0 Å². The Hall–Kier alpha value is -2.54. The first-order valence-corrected chi connectivity index (χ1v) is 9.56. The number of piperidine rings is 1. The number of carbonyl (C=O) groups is 1. The predicted molar refractivity (Wildman–Crippen MR) is 98.9 cm³/mol. The van der Waals surface area contributed by atoms with Gasteiger partial charge >= 0.3 is 0 Å². The van der Waals surface area contributed by atoms with E-state index in [9.17, 15) is 9.18 Å². The molecule has 0 unspecified atom stereocenters. The summed E-state index contributed by atoms with van der Waals surface area (Å²) in [5.41, 5.74) is 0.548. The number of hydrogen-bond donors (Lipinski definition) is 0. The van der Waals surface area contributed by atoms with Crippen LogP contribution in [0.3, 0.4) is 0 Å². The Kier molecular flexibility index (Phi) is 4.55. The second-order valence-corrected chi connectivity index (χ2v) is 7.57. The van der Waals surface area contributed by atoms with Crippen molar-refractivity contribution in [3.05, 3.63) is 53.4 Å². The smallest absolute Gasteiger partial charge is 0.293 e. The van der Waals surface area contributed by atoms with E-state index < -0.39 is 0 Å². The monoisotopic (exact) mass is 370 g/mol. The van der Waals surface area contributed by atoms with Gasteiger partial charge in [-0.1, -0.05) is 19.1 Å². The van der Waals surface area contributed by atoms with Gasteiger partial charge in [0.25, 0.3) is 5.91 Å². The number of thiophene rings is 1. The van der Waals surface area contributed by atoms with Crippen molar-refractivity contribution in [1.82, 2.24) is 19.7 Å². The molecule has 3 aromatic rings. The Bertz CT molecular complexity index is 922. The molecule has 1 aromatic carbocycles. The maximum absolute atomic E-state index is 13.7. The van der Waals surface area contributed by atoms with Gasteiger partial charge in [-0.2, -0.15) is 0 Å². The lowest BCUT2D eigenvalue weighted by Crippen LogP contribution is -2.39. The highest BCUT2D eigenvalue weighted by Gasteiger charge is 2.27. The number of likely N-dealkylation sites (tertiary alicyclic amines) is 1. The molecule has 0 N–H and O–H groups in total. The molecular weight excluding hydrogens is 351 g/mol. The van der Waals surface area contributed by atoms with Gasteiger partial charge in [-0.15, -0.1) is 16.4 Å². The number of rotatable bonds is 3. The maximum Gasteiger partial charge on any atom is 0.293 e. The van der Waals surface area contributed by atoms with Gasteiger partial charge in [-0.25, -0.2) is 14.1 Å². The van der Waals surface area contributed by atoms with E-state index in [1.165, 1.54) is 23.5 Å². The highest BCUT2D eigenvalue weighted by molar-refractivity contribution is 7.13. The standard InChI is InChI=1S/C19H19FN4OS/c1-13-5-3-9-23(12-13)19(25)17-21-18(16-8-4-10-26-16)24(22-17)15-7-2-6-14(20)11-15/h2,4,6-8,10-11,13H,3,5,9,12H2,1H3/t13-/m1/s1. The molecule has 0 aliphatic carbocycles. The number of hydrogen-bond acceptors (Lipinski definition) is 4. The van der Waals surface area contributed by atoms with E-state index in [4.69, 9.17) is 0 Å². The molecule has 1 amide bonds. The quantitative estimate of drug-likeness (QED) is 0.700. The van der Waals surface area contributed by atoms with Crippen LogP contribution in [-0.4, -0.2) is 38.7 Å². The van der Waals surface area contributed by atoms with Crippen molar-refractivity contribution < 1.29 is 9.18 Å². The van der Waals surface area contributed by atoms with Crippen molar-refractivity contribution in [2.24, 2.45) is 5.92 Å². The average molecular weight is 370 g/mol. The number of aromatic nitrogens is 3. The van der Waals surface area contributed by atoms with Crippen molar-refractivity contribution in [1.29, 1.82) is 0 Å². The lowest BCUT2D eigenvalue weighted by molar-refractivity contribution is 0.0670. The van der Waals surface area contributed by atoms with Gasteiger partial charge in [0.2, 0.25) is 5.82 Å². The van der Waals surface area contributed by atoms with Crippen LogP contribution in [-0.2, 0) is 0 Å². The van der Waals surface area contributed by atoms with Crippen LogP contribution in [0.4, 0.5) is 4.39 Å². The molecule has 0 radical (unpaired) electrons. The molecule has 1 atom stereocenters. The fourth-order valence-corrected chi connectivity index (χ4v) is 3.97. The van der Waals surface area contributed by atoms with Crippen LogP contribution < -0.4 is 0 Å². The summed E-state index contributed by atoms with van der Waals surface area (Å²) < 4.78 is 15.2. The number of halogens is 1. The predicted octanol–water partition coefficient (Wildman–Crippen LogP) is 4.01. The number of carbonyl (C=O) groups excluding carboxylic acids is 1. The van der Waals surface area contributed by atoms with E-state index in [0.29, 0.717) is 17.4 Å². The summed E-state index contributed by atoms with van der Waals surface area (Å²) in [5.74, 6) is 0.679. The highest BCUT2D eigenvalue weighted by atomic mass is 32.1. The minimum absolute atomic E-state index is 0.159. The van der Waals surface area contributed by atoms with Gasteiger partial charge in [0, 0.05) is 13.1 Å². The molecule has 1 fully saturated rings. The molecule has 0 spiro atoms. The molecule has 1 aliphatic heterocycles. The fourth-order valence-electron chi connectivity index (χ4n) is 3.27. The Morgan fingerprint density at radius 3 is 2.92 bits per heavy atom. The number of amides is 1. The van der Waals surface area contributed by atoms with Crippen molar-refractivity contribution >= 4 is 17.2 Å². The molecular formula is C19H19FN4OS. The van der Waals surface area contributed by atoms with Gasteiger partial charge in [0.15, 0.2) is 5.82 Å². The third-order valence-electron chi connectivity index (χ3n) is 4.54. The van der Waals surface area contributed by atoms with Crippen molar-refractivity contribution in [2.75, 3.05) is 13.1 Å². The summed E-state index contributed by atoms with van der Waals surface area (Å²) in [6, 6.07) is 9.99. The molecule has 1 aliphatic rings. The molecule has 7 heteroatoms.